The van der Waals surface area contributed by atoms with Crippen molar-refractivity contribution in [1.82, 2.24) is 30.4 Å². The first-order chi connectivity index (χ1) is 10.8. The van der Waals surface area contributed by atoms with Crippen LogP contribution in [0, 0.1) is 0 Å². The molecule has 0 radical (unpaired) electrons. The molecule has 122 valence electrons. The minimum absolute atomic E-state index is 0.0366. The van der Waals surface area contributed by atoms with E-state index in [4.69, 9.17) is 4.74 Å². The summed E-state index contributed by atoms with van der Waals surface area (Å²) >= 11 is 0. The SMILES string of the molecule is O=C(Cn1cnnn1)NCC1(N2CCOCC2)CCCCC1. The minimum Gasteiger partial charge on any atom is -0.379 e. The number of ether oxygens (including phenoxy) is 1. The van der Waals surface area contributed by atoms with Gasteiger partial charge in [-0.25, -0.2) is 4.68 Å². The molecular weight excluding hydrogens is 284 g/mol. The quantitative estimate of drug-likeness (QED) is 0.812. The van der Waals surface area contributed by atoms with Crippen molar-refractivity contribution in [3.05, 3.63) is 6.33 Å². The molecule has 1 aliphatic carbocycles. The molecule has 1 saturated carbocycles. The second-order valence-corrected chi connectivity index (χ2v) is 6.17. The van der Waals surface area contributed by atoms with Crippen molar-refractivity contribution in [3.63, 3.8) is 0 Å². The number of carbonyl (C=O) groups excluding carboxylic acids is 1. The molecule has 0 bridgehead atoms. The molecular formula is C14H24N6O2. The van der Waals surface area contributed by atoms with E-state index in [1.807, 2.05) is 0 Å². The van der Waals surface area contributed by atoms with Crippen molar-refractivity contribution in [2.45, 2.75) is 44.2 Å². The van der Waals surface area contributed by atoms with Crippen LogP contribution in [0.1, 0.15) is 32.1 Å². The lowest BCUT2D eigenvalue weighted by atomic mass is 9.79. The summed E-state index contributed by atoms with van der Waals surface area (Å²) in [7, 11) is 0. The van der Waals surface area contributed by atoms with E-state index in [0.29, 0.717) is 6.54 Å². The number of rotatable bonds is 5. The molecule has 0 aromatic carbocycles. The van der Waals surface area contributed by atoms with Gasteiger partial charge in [0.2, 0.25) is 5.91 Å². The van der Waals surface area contributed by atoms with Crippen LogP contribution in [0.15, 0.2) is 6.33 Å². The molecule has 0 unspecified atom stereocenters. The van der Waals surface area contributed by atoms with Crippen LogP contribution in [0.2, 0.25) is 0 Å². The fourth-order valence-corrected chi connectivity index (χ4v) is 3.57. The van der Waals surface area contributed by atoms with Crippen LogP contribution in [0.25, 0.3) is 0 Å². The average molecular weight is 308 g/mol. The van der Waals surface area contributed by atoms with Crippen molar-refractivity contribution >= 4 is 5.91 Å². The summed E-state index contributed by atoms with van der Waals surface area (Å²) in [6.45, 7) is 4.38. The van der Waals surface area contributed by atoms with E-state index in [2.05, 4.69) is 25.7 Å². The zero-order valence-electron chi connectivity index (χ0n) is 12.9. The normalized spacial score (nSPS) is 22.4. The lowest BCUT2D eigenvalue weighted by Crippen LogP contribution is -2.59. The average Bonchev–Trinajstić information content (AvgIpc) is 3.08. The monoisotopic (exact) mass is 308 g/mol. The van der Waals surface area contributed by atoms with Crippen molar-refractivity contribution in [2.75, 3.05) is 32.8 Å². The fourth-order valence-electron chi connectivity index (χ4n) is 3.57. The molecule has 0 atom stereocenters. The Bertz CT molecular complexity index is 466. The van der Waals surface area contributed by atoms with Gasteiger partial charge in [-0.1, -0.05) is 19.3 Å². The molecule has 22 heavy (non-hydrogen) atoms. The Balaban J connectivity index is 1.58. The molecule has 1 aromatic rings. The summed E-state index contributed by atoms with van der Waals surface area (Å²) in [4.78, 5) is 14.6. The maximum absolute atomic E-state index is 12.1. The number of aromatic nitrogens is 4. The van der Waals surface area contributed by atoms with Crippen LogP contribution in [0.5, 0.6) is 0 Å². The predicted molar refractivity (Wildman–Crippen MR) is 79.0 cm³/mol. The van der Waals surface area contributed by atoms with Gasteiger partial charge in [-0.2, -0.15) is 0 Å². The number of hydrogen-bond acceptors (Lipinski definition) is 6. The van der Waals surface area contributed by atoms with E-state index >= 15 is 0 Å². The van der Waals surface area contributed by atoms with Crippen LogP contribution in [0.3, 0.4) is 0 Å². The van der Waals surface area contributed by atoms with Gasteiger partial charge in [-0.05, 0) is 23.3 Å². The third-order valence-corrected chi connectivity index (χ3v) is 4.78. The van der Waals surface area contributed by atoms with Crippen molar-refractivity contribution in [2.24, 2.45) is 0 Å². The number of nitrogens with zero attached hydrogens (tertiary/aromatic N) is 5. The van der Waals surface area contributed by atoms with Crippen molar-refractivity contribution in [1.29, 1.82) is 0 Å². The highest BCUT2D eigenvalue weighted by Crippen LogP contribution is 2.33. The van der Waals surface area contributed by atoms with Gasteiger partial charge >= 0.3 is 0 Å². The van der Waals surface area contributed by atoms with Crippen LogP contribution >= 0.6 is 0 Å². The standard InChI is InChI=1S/C14H24N6O2/c21-13(10-20-12-16-17-18-20)15-11-14(4-2-1-3-5-14)19-6-8-22-9-7-19/h12H,1-11H2,(H,15,21). The second-order valence-electron chi connectivity index (χ2n) is 6.17. The zero-order valence-corrected chi connectivity index (χ0v) is 12.9. The number of tetrazole rings is 1. The first-order valence-electron chi connectivity index (χ1n) is 8.09. The molecule has 1 aromatic heterocycles. The van der Waals surface area contributed by atoms with Gasteiger partial charge in [-0.3, -0.25) is 9.69 Å². The van der Waals surface area contributed by atoms with E-state index in [1.165, 1.54) is 30.3 Å². The van der Waals surface area contributed by atoms with Gasteiger partial charge in [0.25, 0.3) is 0 Å². The molecule has 8 nitrogen and oxygen atoms in total. The van der Waals surface area contributed by atoms with E-state index in [1.54, 1.807) is 0 Å². The number of hydrogen-bond donors (Lipinski definition) is 1. The smallest absolute Gasteiger partial charge is 0.241 e. The first kappa shape index (κ1) is 15.4. The summed E-state index contributed by atoms with van der Waals surface area (Å²) in [5.41, 5.74) is 0.0955. The van der Waals surface area contributed by atoms with E-state index in [-0.39, 0.29) is 18.0 Å². The maximum Gasteiger partial charge on any atom is 0.241 e. The molecule has 2 fully saturated rings. The first-order valence-corrected chi connectivity index (χ1v) is 8.09. The molecule has 1 aliphatic heterocycles. The second kappa shape index (κ2) is 7.15. The highest BCUT2D eigenvalue weighted by atomic mass is 16.5. The van der Waals surface area contributed by atoms with Crippen LogP contribution in [0.4, 0.5) is 0 Å². The number of nitrogens with one attached hydrogen (secondary N) is 1. The Morgan fingerprint density at radius 3 is 2.68 bits per heavy atom. The molecule has 2 heterocycles. The highest BCUT2D eigenvalue weighted by Gasteiger charge is 2.38. The molecule has 0 spiro atoms. The minimum atomic E-state index is -0.0366. The molecule has 2 aliphatic rings. The van der Waals surface area contributed by atoms with Crippen molar-refractivity contribution < 1.29 is 9.53 Å². The molecule has 8 heteroatoms. The summed E-state index contributed by atoms with van der Waals surface area (Å²) in [6, 6.07) is 0. The topological polar surface area (TPSA) is 85.2 Å². The van der Waals surface area contributed by atoms with Crippen LogP contribution < -0.4 is 5.32 Å². The largest absolute Gasteiger partial charge is 0.379 e. The lowest BCUT2D eigenvalue weighted by molar-refractivity contribution is -0.123. The Morgan fingerprint density at radius 2 is 2.00 bits per heavy atom. The summed E-state index contributed by atoms with van der Waals surface area (Å²) < 4.78 is 6.92. The summed E-state index contributed by atoms with van der Waals surface area (Å²) in [6.07, 6.45) is 7.53. The van der Waals surface area contributed by atoms with Gasteiger partial charge < -0.3 is 10.1 Å². The predicted octanol–water partition coefficient (Wildman–Crippen LogP) is -0.176. The lowest BCUT2D eigenvalue weighted by Gasteiger charge is -2.48. The van der Waals surface area contributed by atoms with E-state index in [9.17, 15) is 4.79 Å². The van der Waals surface area contributed by atoms with Gasteiger partial charge in [0.15, 0.2) is 0 Å². The molecule has 1 amide bonds. The van der Waals surface area contributed by atoms with Gasteiger partial charge in [0.05, 0.1) is 13.2 Å². The number of amides is 1. The Kier molecular flexibility index (Phi) is 4.99. The van der Waals surface area contributed by atoms with Gasteiger partial charge in [0.1, 0.15) is 12.9 Å². The Labute approximate surface area is 130 Å². The summed E-state index contributed by atoms with van der Waals surface area (Å²) in [5.74, 6) is -0.0366. The number of morpholine rings is 1. The van der Waals surface area contributed by atoms with Crippen LogP contribution in [-0.4, -0.2) is 69.4 Å². The Hall–Kier alpha value is -1.54. The van der Waals surface area contributed by atoms with E-state index < -0.39 is 0 Å². The Morgan fingerprint density at radius 1 is 1.23 bits per heavy atom. The van der Waals surface area contributed by atoms with E-state index in [0.717, 1.165) is 39.1 Å². The highest BCUT2D eigenvalue weighted by molar-refractivity contribution is 5.75. The number of carbonyl (C=O) groups is 1. The van der Waals surface area contributed by atoms with Crippen molar-refractivity contribution in [3.8, 4) is 0 Å². The molecule has 1 N–H and O–H groups in total. The van der Waals surface area contributed by atoms with Gasteiger partial charge in [-0.15, -0.1) is 5.10 Å². The fraction of sp³-hybridized carbons (Fsp3) is 0.857. The third kappa shape index (κ3) is 3.61. The summed E-state index contributed by atoms with van der Waals surface area (Å²) in [5, 5.41) is 13.9. The molecule has 1 saturated heterocycles. The maximum atomic E-state index is 12.1. The molecule has 3 rings (SSSR count). The van der Waals surface area contributed by atoms with Crippen LogP contribution in [-0.2, 0) is 16.1 Å². The van der Waals surface area contributed by atoms with Gasteiger partial charge in [0, 0.05) is 25.2 Å². The third-order valence-electron chi connectivity index (χ3n) is 4.78. The zero-order chi connectivity index (χ0) is 15.3.